The van der Waals surface area contributed by atoms with E-state index in [1.165, 1.54) is 0 Å². The molecule has 0 heterocycles. The molecule has 37 heavy (non-hydrogen) atoms. The van der Waals surface area contributed by atoms with Gasteiger partial charge in [-0.05, 0) is 60.6 Å². The molecule has 0 aromatic heterocycles. The van der Waals surface area contributed by atoms with Crippen LogP contribution in [0.3, 0.4) is 0 Å². The van der Waals surface area contributed by atoms with Gasteiger partial charge < -0.3 is 29.9 Å². The summed E-state index contributed by atoms with van der Waals surface area (Å²) in [6, 6.07) is 6.86. The monoisotopic (exact) mass is 630 g/mol. The molecule has 1 aliphatic carbocycles. The topological polar surface area (TPSA) is 108 Å². The third-order valence-electron chi connectivity index (χ3n) is 6.42. The van der Waals surface area contributed by atoms with Crippen LogP contribution in [0.25, 0.3) is 0 Å². The molecule has 208 valence electrons. The zero-order valence-electron chi connectivity index (χ0n) is 22.2. The Morgan fingerprint density at radius 3 is 2.59 bits per heavy atom. The number of benzene rings is 1. The van der Waals surface area contributed by atoms with Gasteiger partial charge in [0.05, 0.1) is 16.2 Å². The highest BCUT2D eigenvalue weighted by Gasteiger charge is 2.40. The summed E-state index contributed by atoms with van der Waals surface area (Å²) < 4.78 is 12.6. The van der Waals surface area contributed by atoms with Crippen LogP contribution in [-0.2, 0) is 14.3 Å². The van der Waals surface area contributed by atoms with Crippen molar-refractivity contribution in [3.8, 4) is 5.75 Å². The standard InChI is InChI=1S/C28H43IN2O6/c1-3-5-6-7-8-14-26(33)31(16-11-18-36-4-2)23-19-21(28(35)30-15-17-32)20-25(27(23)34)37-24-13-10-9-12-22(24)29/h9-10,12-13,20,23,25,27,32,34H,3-8,11,14-19H2,1-2H3,(H,30,35). The van der Waals surface area contributed by atoms with Gasteiger partial charge in [0.1, 0.15) is 18.0 Å². The van der Waals surface area contributed by atoms with Crippen LogP contribution >= 0.6 is 22.6 Å². The number of amides is 2. The van der Waals surface area contributed by atoms with Gasteiger partial charge >= 0.3 is 0 Å². The van der Waals surface area contributed by atoms with E-state index in [2.05, 4.69) is 34.8 Å². The summed E-state index contributed by atoms with van der Waals surface area (Å²) in [5.41, 5.74) is 0.435. The Kier molecular flexibility index (Phi) is 15.1. The Morgan fingerprint density at radius 2 is 1.89 bits per heavy atom. The first kappa shape index (κ1) is 31.5. The summed E-state index contributed by atoms with van der Waals surface area (Å²) in [4.78, 5) is 28.0. The molecule has 2 rings (SSSR count). The third-order valence-corrected chi connectivity index (χ3v) is 7.31. The quantitative estimate of drug-likeness (QED) is 0.179. The number of hydrogen-bond donors (Lipinski definition) is 3. The number of unbranched alkanes of at least 4 members (excludes halogenated alkanes) is 4. The van der Waals surface area contributed by atoms with Crippen LogP contribution in [0.15, 0.2) is 35.9 Å². The summed E-state index contributed by atoms with van der Waals surface area (Å²) in [5.74, 6) is 0.245. The van der Waals surface area contributed by atoms with Crippen molar-refractivity contribution in [1.29, 1.82) is 0 Å². The van der Waals surface area contributed by atoms with E-state index in [4.69, 9.17) is 14.6 Å². The lowest BCUT2D eigenvalue weighted by atomic mass is 9.87. The van der Waals surface area contributed by atoms with Crippen molar-refractivity contribution in [2.75, 3.05) is 32.9 Å². The highest BCUT2D eigenvalue weighted by molar-refractivity contribution is 14.1. The van der Waals surface area contributed by atoms with Crippen LogP contribution in [-0.4, -0.2) is 78.1 Å². The molecule has 0 spiro atoms. The normalized spacial score (nSPS) is 19.3. The van der Waals surface area contributed by atoms with E-state index in [1.54, 1.807) is 11.0 Å². The van der Waals surface area contributed by atoms with E-state index in [0.29, 0.717) is 43.9 Å². The van der Waals surface area contributed by atoms with E-state index in [9.17, 15) is 14.7 Å². The largest absolute Gasteiger partial charge is 0.482 e. The molecule has 3 atom stereocenters. The fourth-order valence-electron chi connectivity index (χ4n) is 4.45. The van der Waals surface area contributed by atoms with Crippen LogP contribution in [0.4, 0.5) is 0 Å². The summed E-state index contributed by atoms with van der Waals surface area (Å²) in [6.45, 7) is 5.58. The van der Waals surface area contributed by atoms with Gasteiger partial charge in [-0.15, -0.1) is 0 Å². The molecule has 0 saturated heterocycles. The van der Waals surface area contributed by atoms with Gasteiger partial charge in [-0.3, -0.25) is 9.59 Å². The number of carbonyl (C=O) groups excluding carboxylic acids is 2. The highest BCUT2D eigenvalue weighted by atomic mass is 127. The summed E-state index contributed by atoms with van der Waals surface area (Å²) in [6.07, 6.45) is 6.25. The Hall–Kier alpha value is -1.69. The van der Waals surface area contributed by atoms with Crippen molar-refractivity contribution in [1.82, 2.24) is 10.2 Å². The lowest BCUT2D eigenvalue weighted by molar-refractivity contribution is -0.139. The van der Waals surface area contributed by atoms with Gasteiger partial charge in [0.2, 0.25) is 11.8 Å². The summed E-state index contributed by atoms with van der Waals surface area (Å²) >= 11 is 2.17. The minimum atomic E-state index is -1.01. The van der Waals surface area contributed by atoms with Gasteiger partial charge in [-0.1, -0.05) is 44.7 Å². The molecule has 3 unspecified atom stereocenters. The first-order chi connectivity index (χ1) is 17.9. The van der Waals surface area contributed by atoms with Gasteiger partial charge in [-0.2, -0.15) is 0 Å². The molecular weight excluding hydrogens is 587 g/mol. The van der Waals surface area contributed by atoms with Crippen molar-refractivity contribution in [2.24, 2.45) is 0 Å². The molecule has 1 aliphatic rings. The van der Waals surface area contributed by atoms with Crippen LogP contribution < -0.4 is 10.1 Å². The maximum atomic E-state index is 13.4. The molecule has 0 bridgehead atoms. The molecular formula is C28H43IN2O6. The van der Waals surface area contributed by atoms with E-state index >= 15 is 0 Å². The van der Waals surface area contributed by atoms with Gasteiger partial charge in [-0.25, -0.2) is 0 Å². The molecule has 1 aromatic rings. The second-order valence-electron chi connectivity index (χ2n) is 9.25. The second-order valence-corrected chi connectivity index (χ2v) is 10.4. The molecule has 9 heteroatoms. The maximum Gasteiger partial charge on any atom is 0.247 e. The molecule has 1 aromatic carbocycles. The second kappa shape index (κ2) is 17.8. The minimum Gasteiger partial charge on any atom is -0.482 e. The Balaban J connectivity index is 2.28. The van der Waals surface area contributed by atoms with Crippen molar-refractivity contribution in [3.05, 3.63) is 39.5 Å². The van der Waals surface area contributed by atoms with E-state index in [1.807, 2.05) is 31.2 Å². The van der Waals surface area contributed by atoms with E-state index < -0.39 is 18.2 Å². The average molecular weight is 631 g/mol. The number of aliphatic hydroxyl groups excluding tert-OH is 2. The Bertz CT molecular complexity index is 865. The predicted octanol–water partition coefficient (Wildman–Crippen LogP) is 3.82. The average Bonchev–Trinajstić information content (AvgIpc) is 2.89. The smallest absolute Gasteiger partial charge is 0.247 e. The number of carbonyl (C=O) groups is 2. The summed E-state index contributed by atoms with van der Waals surface area (Å²) in [7, 11) is 0. The fraction of sp³-hybridized carbons (Fsp3) is 0.643. The lowest BCUT2D eigenvalue weighted by Crippen LogP contribution is -2.55. The number of nitrogens with zero attached hydrogens (tertiary/aromatic N) is 1. The van der Waals surface area contributed by atoms with Crippen molar-refractivity contribution in [3.63, 3.8) is 0 Å². The molecule has 0 fully saturated rings. The number of nitrogens with one attached hydrogen (secondary N) is 1. The predicted molar refractivity (Wildman–Crippen MR) is 152 cm³/mol. The first-order valence-corrected chi connectivity index (χ1v) is 14.6. The number of hydrogen-bond acceptors (Lipinski definition) is 6. The molecule has 0 aliphatic heterocycles. The Labute approximate surface area is 234 Å². The van der Waals surface area contributed by atoms with Crippen molar-refractivity contribution in [2.45, 2.75) is 83.5 Å². The molecule has 0 radical (unpaired) electrons. The lowest BCUT2D eigenvalue weighted by Gasteiger charge is -2.40. The minimum absolute atomic E-state index is 0.0258. The summed E-state index contributed by atoms with van der Waals surface area (Å²) in [5, 5.41) is 23.3. The number of ether oxygens (including phenoxy) is 2. The zero-order valence-corrected chi connectivity index (χ0v) is 24.3. The van der Waals surface area contributed by atoms with E-state index in [-0.39, 0.29) is 31.4 Å². The first-order valence-electron chi connectivity index (χ1n) is 13.5. The SMILES string of the molecule is CCCCCCCC(=O)N(CCCOCC)C1CC(C(=O)NCCO)=CC(Oc2ccccc2I)C1O. The van der Waals surface area contributed by atoms with E-state index in [0.717, 1.165) is 35.7 Å². The van der Waals surface area contributed by atoms with Crippen LogP contribution in [0, 0.1) is 3.57 Å². The number of halogens is 1. The third kappa shape index (κ3) is 10.5. The zero-order chi connectivity index (χ0) is 27.0. The van der Waals surface area contributed by atoms with Gasteiger partial charge in [0.25, 0.3) is 0 Å². The molecule has 8 nitrogen and oxygen atoms in total. The number of aliphatic hydroxyl groups is 2. The number of para-hydroxylation sites is 1. The highest BCUT2D eigenvalue weighted by Crippen LogP contribution is 2.30. The van der Waals surface area contributed by atoms with Crippen molar-refractivity contribution < 1.29 is 29.3 Å². The fourth-order valence-corrected chi connectivity index (χ4v) is 4.96. The van der Waals surface area contributed by atoms with Crippen LogP contribution in [0.1, 0.15) is 65.2 Å². The molecule has 0 saturated carbocycles. The van der Waals surface area contributed by atoms with Gasteiger partial charge in [0, 0.05) is 44.7 Å². The van der Waals surface area contributed by atoms with Crippen LogP contribution in [0.5, 0.6) is 5.75 Å². The van der Waals surface area contributed by atoms with Gasteiger partial charge in [0.15, 0.2) is 0 Å². The van der Waals surface area contributed by atoms with Crippen LogP contribution in [0.2, 0.25) is 0 Å². The Morgan fingerprint density at radius 1 is 1.14 bits per heavy atom. The van der Waals surface area contributed by atoms with Crippen molar-refractivity contribution >= 4 is 34.4 Å². The number of rotatable bonds is 17. The maximum absolute atomic E-state index is 13.4. The molecule has 3 N–H and O–H groups in total. The molecule has 2 amide bonds.